The van der Waals surface area contributed by atoms with Crippen molar-refractivity contribution in [3.05, 3.63) is 46.2 Å². The number of carbonyl (C=O) groups is 3. The van der Waals surface area contributed by atoms with Crippen LogP contribution in [0.15, 0.2) is 35.1 Å². The molecule has 0 aromatic heterocycles. The average molecular weight is 532 g/mol. The molecular formula is C26H29NO9S. The number of Topliss-reactive ketones (excluding diaryl/α,β-unsaturated/α-hetero) is 2. The SMILES string of the molecule is NC(=O)C1=C(O)[C@@]2(O)C(=O)C3=C(O)c4c(O)cccc4[C@H](CSC4CCCC4)[C@H]3[C@H](OCO)[C@H]2CC1=O. The molecule has 4 aliphatic carbocycles. The highest BCUT2D eigenvalue weighted by Crippen LogP contribution is 2.57. The summed E-state index contributed by atoms with van der Waals surface area (Å²) in [6.07, 6.45) is 2.59. The molecule has 1 amide bonds. The molecule has 0 radical (unpaired) electrons. The number of hydrogen-bond donors (Lipinski definition) is 6. The Balaban J connectivity index is 1.72. The lowest BCUT2D eigenvalue weighted by Gasteiger charge is -2.52. The molecule has 2 saturated carbocycles. The topological polar surface area (TPSA) is 188 Å². The van der Waals surface area contributed by atoms with Crippen LogP contribution in [0.4, 0.5) is 0 Å². The number of benzene rings is 1. The van der Waals surface area contributed by atoms with Crippen molar-refractivity contribution < 1.29 is 44.7 Å². The van der Waals surface area contributed by atoms with Gasteiger partial charge in [0.05, 0.1) is 11.7 Å². The molecule has 5 atom stereocenters. The van der Waals surface area contributed by atoms with Crippen LogP contribution in [0.2, 0.25) is 0 Å². The zero-order chi connectivity index (χ0) is 26.6. The maximum Gasteiger partial charge on any atom is 0.255 e. The first kappa shape index (κ1) is 25.8. The fraction of sp³-hybridized carbons (Fsp3) is 0.500. The molecule has 0 aliphatic heterocycles. The number of amides is 1. The number of rotatable bonds is 6. The van der Waals surface area contributed by atoms with E-state index in [1.165, 1.54) is 6.07 Å². The number of ether oxygens (including phenoxy) is 1. The Morgan fingerprint density at radius 3 is 2.51 bits per heavy atom. The van der Waals surface area contributed by atoms with E-state index in [2.05, 4.69) is 0 Å². The number of aliphatic hydroxyl groups is 4. The van der Waals surface area contributed by atoms with Crippen LogP contribution in [0.25, 0.3) is 5.76 Å². The lowest BCUT2D eigenvalue weighted by molar-refractivity contribution is -0.178. The van der Waals surface area contributed by atoms with Gasteiger partial charge in [0, 0.05) is 40.8 Å². The first-order valence-electron chi connectivity index (χ1n) is 12.3. The number of nitrogens with two attached hydrogens (primary N) is 1. The number of aromatic hydroxyl groups is 1. The van der Waals surface area contributed by atoms with Gasteiger partial charge in [-0.3, -0.25) is 14.4 Å². The van der Waals surface area contributed by atoms with E-state index in [1.54, 1.807) is 23.9 Å². The molecular weight excluding hydrogens is 502 g/mol. The summed E-state index contributed by atoms with van der Waals surface area (Å²) in [6, 6.07) is 4.73. The fourth-order valence-electron chi connectivity index (χ4n) is 6.55. The molecule has 37 heavy (non-hydrogen) atoms. The van der Waals surface area contributed by atoms with Gasteiger partial charge in [0.1, 0.15) is 29.6 Å². The Morgan fingerprint density at radius 1 is 1.16 bits per heavy atom. The predicted octanol–water partition coefficient (Wildman–Crippen LogP) is 1.59. The Hall–Kier alpha value is -2.86. The second-order valence-electron chi connectivity index (χ2n) is 10.1. The van der Waals surface area contributed by atoms with Crippen LogP contribution in [0.1, 0.15) is 49.1 Å². The molecule has 0 unspecified atom stereocenters. The molecule has 0 heterocycles. The van der Waals surface area contributed by atoms with Gasteiger partial charge in [0.2, 0.25) is 5.78 Å². The van der Waals surface area contributed by atoms with E-state index in [4.69, 9.17) is 10.5 Å². The molecule has 10 nitrogen and oxygen atoms in total. The summed E-state index contributed by atoms with van der Waals surface area (Å²) in [5, 5.41) is 54.6. The van der Waals surface area contributed by atoms with E-state index in [0.29, 0.717) is 16.6 Å². The van der Waals surface area contributed by atoms with Crippen molar-refractivity contribution >= 4 is 35.0 Å². The number of thioether (sulfide) groups is 1. The predicted molar refractivity (Wildman–Crippen MR) is 132 cm³/mol. The Morgan fingerprint density at radius 2 is 1.86 bits per heavy atom. The molecule has 4 aliphatic rings. The minimum atomic E-state index is -2.80. The summed E-state index contributed by atoms with van der Waals surface area (Å²) >= 11 is 1.71. The van der Waals surface area contributed by atoms with Gasteiger partial charge in [-0.2, -0.15) is 11.8 Å². The maximum atomic E-state index is 14.0. The number of ketones is 2. The largest absolute Gasteiger partial charge is 0.508 e. The van der Waals surface area contributed by atoms with Crippen LogP contribution < -0.4 is 5.73 Å². The van der Waals surface area contributed by atoms with Gasteiger partial charge in [-0.25, -0.2) is 0 Å². The summed E-state index contributed by atoms with van der Waals surface area (Å²) < 4.78 is 5.65. The monoisotopic (exact) mass is 531 g/mol. The van der Waals surface area contributed by atoms with Crippen molar-refractivity contribution in [1.82, 2.24) is 0 Å². The van der Waals surface area contributed by atoms with Crippen molar-refractivity contribution in [3.63, 3.8) is 0 Å². The van der Waals surface area contributed by atoms with Gasteiger partial charge >= 0.3 is 0 Å². The first-order chi connectivity index (χ1) is 17.6. The molecule has 1 aromatic carbocycles. The molecule has 198 valence electrons. The van der Waals surface area contributed by atoms with E-state index in [1.807, 2.05) is 0 Å². The van der Waals surface area contributed by atoms with Crippen molar-refractivity contribution in [2.24, 2.45) is 17.6 Å². The quantitative estimate of drug-likeness (QED) is 0.232. The lowest BCUT2D eigenvalue weighted by Crippen LogP contribution is -2.64. The molecule has 0 spiro atoms. The van der Waals surface area contributed by atoms with E-state index in [9.17, 15) is 39.9 Å². The van der Waals surface area contributed by atoms with Gasteiger partial charge in [0.25, 0.3) is 5.91 Å². The van der Waals surface area contributed by atoms with Crippen LogP contribution in [-0.2, 0) is 19.1 Å². The highest BCUT2D eigenvalue weighted by Gasteiger charge is 2.66. The highest BCUT2D eigenvalue weighted by atomic mass is 32.2. The van der Waals surface area contributed by atoms with Crippen molar-refractivity contribution in [2.75, 3.05) is 12.5 Å². The molecule has 11 heteroatoms. The molecule has 0 bridgehead atoms. The third-order valence-corrected chi connectivity index (χ3v) is 9.71. The van der Waals surface area contributed by atoms with Crippen molar-refractivity contribution in [2.45, 2.75) is 55.0 Å². The van der Waals surface area contributed by atoms with Crippen LogP contribution in [-0.4, -0.2) is 72.5 Å². The summed E-state index contributed by atoms with van der Waals surface area (Å²) in [7, 11) is 0. The van der Waals surface area contributed by atoms with Gasteiger partial charge in [-0.1, -0.05) is 25.0 Å². The van der Waals surface area contributed by atoms with Gasteiger partial charge < -0.3 is 36.0 Å². The molecule has 1 aromatic rings. The number of carbonyl (C=O) groups excluding carboxylic acids is 3. The number of fused-ring (bicyclic) bond motifs is 3. The second-order valence-corrected chi connectivity index (χ2v) is 11.4. The Kier molecular flexibility index (Phi) is 6.59. The van der Waals surface area contributed by atoms with Crippen LogP contribution in [0, 0.1) is 11.8 Å². The van der Waals surface area contributed by atoms with Crippen LogP contribution in [0.5, 0.6) is 5.75 Å². The standard InChI is InChI=1S/C26H29NO9S/c27-25(34)19-16(30)8-14-22(36-10-28)18-13(9-37-11-4-1-2-5-11)12-6-3-7-15(29)17(12)21(31)20(18)24(33)26(14,35)23(19)32/h3,6-7,11,13-14,18,22,28-29,31-32,35H,1-2,4-5,8-10H2,(H2,27,34)/t13-,14+,18+,22+,26+/m0/s1. The lowest BCUT2D eigenvalue weighted by atomic mass is 9.55. The smallest absolute Gasteiger partial charge is 0.255 e. The first-order valence-corrected chi connectivity index (χ1v) is 13.3. The van der Waals surface area contributed by atoms with E-state index >= 15 is 0 Å². The summed E-state index contributed by atoms with van der Waals surface area (Å²) in [5.41, 5.74) is 1.88. The van der Waals surface area contributed by atoms with Crippen molar-refractivity contribution in [1.29, 1.82) is 0 Å². The second kappa shape index (κ2) is 9.46. The minimum Gasteiger partial charge on any atom is -0.508 e. The summed E-state index contributed by atoms with van der Waals surface area (Å²) in [6.45, 7) is -0.827. The van der Waals surface area contributed by atoms with Crippen LogP contribution in [0.3, 0.4) is 0 Å². The Labute approximate surface area is 216 Å². The van der Waals surface area contributed by atoms with E-state index in [0.717, 1.165) is 25.7 Å². The normalized spacial score (nSPS) is 31.8. The maximum absolute atomic E-state index is 14.0. The van der Waals surface area contributed by atoms with Gasteiger partial charge in [-0.15, -0.1) is 0 Å². The number of phenolic OH excluding ortho intramolecular Hbond substituents is 1. The highest BCUT2D eigenvalue weighted by molar-refractivity contribution is 7.99. The zero-order valence-corrected chi connectivity index (χ0v) is 20.7. The van der Waals surface area contributed by atoms with E-state index in [-0.39, 0.29) is 16.9 Å². The summed E-state index contributed by atoms with van der Waals surface area (Å²) in [5.74, 6) is -7.62. The minimum absolute atomic E-state index is 0.0365. The fourth-order valence-corrected chi connectivity index (χ4v) is 8.08. The average Bonchev–Trinajstić information content (AvgIpc) is 3.36. The number of phenols is 1. The Bertz CT molecular complexity index is 1230. The van der Waals surface area contributed by atoms with Crippen molar-refractivity contribution in [3.8, 4) is 5.75 Å². The molecule has 0 saturated heterocycles. The summed E-state index contributed by atoms with van der Waals surface area (Å²) in [4.78, 5) is 38.7. The third-order valence-electron chi connectivity index (χ3n) is 8.22. The van der Waals surface area contributed by atoms with E-state index < -0.39 is 77.2 Å². The molecule has 5 rings (SSSR count). The van der Waals surface area contributed by atoms with Crippen LogP contribution >= 0.6 is 11.8 Å². The van der Waals surface area contributed by atoms with Gasteiger partial charge in [0.15, 0.2) is 11.4 Å². The number of primary amides is 1. The molecule has 7 N–H and O–H groups in total. The third kappa shape index (κ3) is 3.79. The zero-order valence-electron chi connectivity index (χ0n) is 19.9. The number of aliphatic hydroxyl groups excluding tert-OH is 3. The number of hydrogen-bond acceptors (Lipinski definition) is 10. The van der Waals surface area contributed by atoms with Gasteiger partial charge in [-0.05, 0) is 24.5 Å². The molecule has 2 fully saturated rings.